The van der Waals surface area contributed by atoms with Crippen LogP contribution in [0.2, 0.25) is 0 Å². The lowest BCUT2D eigenvalue weighted by molar-refractivity contribution is 0.0522. The Kier molecular flexibility index (Phi) is 5.89. The summed E-state index contributed by atoms with van der Waals surface area (Å²) in [6.45, 7) is 1.75. The number of hydrogen-bond acceptors (Lipinski definition) is 3. The smallest absolute Gasteiger partial charge is 0.338 e. The Morgan fingerprint density at radius 1 is 1.32 bits per heavy atom. The van der Waals surface area contributed by atoms with Gasteiger partial charge in [0.15, 0.2) is 5.78 Å². The van der Waals surface area contributed by atoms with E-state index < -0.39 is 18.2 Å². The Morgan fingerprint density at radius 2 is 2.00 bits per heavy atom. The summed E-state index contributed by atoms with van der Waals surface area (Å²) in [6.07, 6.45) is -2.74. The predicted octanol–water partition coefficient (Wildman–Crippen LogP) is 3.61. The summed E-state index contributed by atoms with van der Waals surface area (Å²) >= 11 is 5.46. The van der Waals surface area contributed by atoms with E-state index in [1.807, 2.05) is 0 Å². The van der Waals surface area contributed by atoms with Crippen molar-refractivity contribution in [2.75, 3.05) is 12.5 Å². The van der Waals surface area contributed by atoms with E-state index in [4.69, 9.17) is 16.3 Å². The lowest BCUT2D eigenvalue weighted by atomic mass is 9.99. The molecular formula is C13H13ClF2O3. The van der Waals surface area contributed by atoms with Crippen LogP contribution in [0.4, 0.5) is 8.78 Å². The first-order chi connectivity index (χ1) is 9.01. The largest absolute Gasteiger partial charge is 0.462 e. The molecular weight excluding hydrogens is 278 g/mol. The molecule has 0 unspecified atom stereocenters. The quantitative estimate of drug-likeness (QED) is 0.457. The van der Waals surface area contributed by atoms with Crippen molar-refractivity contribution in [2.45, 2.75) is 19.8 Å². The van der Waals surface area contributed by atoms with Crippen LogP contribution in [-0.4, -0.2) is 24.2 Å². The molecule has 0 aromatic heterocycles. The Labute approximate surface area is 114 Å². The van der Waals surface area contributed by atoms with Gasteiger partial charge in [-0.15, -0.1) is 11.6 Å². The number of benzene rings is 1. The van der Waals surface area contributed by atoms with Crippen LogP contribution < -0.4 is 0 Å². The minimum absolute atomic E-state index is 0.0126. The van der Waals surface area contributed by atoms with E-state index in [1.54, 1.807) is 6.92 Å². The van der Waals surface area contributed by atoms with Gasteiger partial charge in [0.2, 0.25) is 0 Å². The van der Waals surface area contributed by atoms with Gasteiger partial charge in [0, 0.05) is 23.4 Å². The monoisotopic (exact) mass is 290 g/mol. The molecule has 0 N–H and O–H groups in total. The molecule has 0 aliphatic carbocycles. The number of alkyl halides is 3. The molecule has 0 saturated carbocycles. The second-order valence-corrected chi connectivity index (χ2v) is 4.07. The molecule has 3 nitrogen and oxygen atoms in total. The molecule has 1 aromatic carbocycles. The van der Waals surface area contributed by atoms with E-state index in [9.17, 15) is 18.4 Å². The minimum atomic E-state index is -2.71. The molecule has 0 spiro atoms. The highest BCUT2D eigenvalue weighted by Crippen LogP contribution is 2.23. The van der Waals surface area contributed by atoms with E-state index in [0.717, 1.165) is 12.1 Å². The summed E-state index contributed by atoms with van der Waals surface area (Å²) in [6, 6.07) is 3.31. The van der Waals surface area contributed by atoms with Crippen molar-refractivity contribution in [1.29, 1.82) is 0 Å². The first-order valence-corrected chi connectivity index (χ1v) is 6.23. The van der Waals surface area contributed by atoms with E-state index in [2.05, 4.69) is 0 Å². The molecule has 0 heterocycles. The number of rotatable bonds is 6. The zero-order chi connectivity index (χ0) is 14.4. The summed E-state index contributed by atoms with van der Waals surface area (Å²) in [7, 11) is 0. The Bertz CT molecular complexity index is 475. The molecule has 0 aliphatic heterocycles. The van der Waals surface area contributed by atoms with Crippen molar-refractivity contribution in [1.82, 2.24) is 0 Å². The first kappa shape index (κ1) is 15.6. The molecule has 0 amide bonds. The van der Waals surface area contributed by atoms with Gasteiger partial charge in [-0.3, -0.25) is 4.79 Å². The topological polar surface area (TPSA) is 43.4 Å². The van der Waals surface area contributed by atoms with Crippen molar-refractivity contribution >= 4 is 23.4 Å². The van der Waals surface area contributed by atoms with E-state index in [0.29, 0.717) is 0 Å². The van der Waals surface area contributed by atoms with Gasteiger partial charge in [-0.05, 0) is 19.1 Å². The maximum Gasteiger partial charge on any atom is 0.338 e. The first-order valence-electron chi connectivity index (χ1n) is 5.69. The summed E-state index contributed by atoms with van der Waals surface area (Å²) in [4.78, 5) is 23.5. The van der Waals surface area contributed by atoms with Gasteiger partial charge in [0.05, 0.1) is 12.2 Å². The zero-order valence-corrected chi connectivity index (χ0v) is 11.0. The molecule has 0 aliphatic rings. The molecule has 1 aromatic rings. The summed E-state index contributed by atoms with van der Waals surface area (Å²) in [5.41, 5.74) is -0.399. The number of ketones is 1. The number of halogens is 3. The lowest BCUT2D eigenvalue weighted by Crippen LogP contribution is -2.13. The van der Waals surface area contributed by atoms with Crippen LogP contribution in [-0.2, 0) is 4.74 Å². The number of carbonyl (C=O) groups excluding carboxylic acids is 2. The molecule has 0 radical (unpaired) electrons. The maximum absolute atomic E-state index is 12.6. The van der Waals surface area contributed by atoms with Crippen LogP contribution in [0.15, 0.2) is 18.2 Å². The van der Waals surface area contributed by atoms with Crippen molar-refractivity contribution in [2.24, 2.45) is 0 Å². The van der Waals surface area contributed by atoms with Gasteiger partial charge in [0.1, 0.15) is 0 Å². The third-order valence-electron chi connectivity index (χ3n) is 2.41. The van der Waals surface area contributed by atoms with Crippen molar-refractivity contribution in [3.8, 4) is 0 Å². The molecule has 1 rings (SSSR count). The molecule has 0 atom stereocenters. The van der Waals surface area contributed by atoms with Gasteiger partial charge in [-0.25, -0.2) is 13.6 Å². The van der Waals surface area contributed by atoms with Crippen LogP contribution in [0.3, 0.4) is 0 Å². The van der Waals surface area contributed by atoms with Gasteiger partial charge in [-0.1, -0.05) is 6.07 Å². The van der Waals surface area contributed by atoms with Gasteiger partial charge in [-0.2, -0.15) is 0 Å². The third-order valence-corrected chi connectivity index (χ3v) is 2.60. The highest BCUT2D eigenvalue weighted by Gasteiger charge is 2.20. The van der Waals surface area contributed by atoms with E-state index >= 15 is 0 Å². The zero-order valence-electron chi connectivity index (χ0n) is 10.3. The van der Waals surface area contributed by atoms with E-state index in [-0.39, 0.29) is 35.6 Å². The summed E-state index contributed by atoms with van der Waals surface area (Å²) in [5, 5.41) is 0. The van der Waals surface area contributed by atoms with Crippen LogP contribution in [0.25, 0.3) is 0 Å². The number of Topliss-reactive ketones (excluding diaryl/α,β-unsaturated/α-hetero) is 1. The molecule has 0 bridgehead atoms. The fraction of sp³-hybridized carbons (Fsp3) is 0.385. The van der Waals surface area contributed by atoms with Crippen molar-refractivity contribution in [3.05, 3.63) is 34.9 Å². The third kappa shape index (κ3) is 3.99. The fourth-order valence-corrected chi connectivity index (χ4v) is 1.71. The van der Waals surface area contributed by atoms with Crippen LogP contribution in [0, 0.1) is 0 Å². The highest BCUT2D eigenvalue weighted by molar-refractivity contribution is 6.20. The molecule has 0 saturated heterocycles. The molecule has 0 fully saturated rings. The predicted molar refractivity (Wildman–Crippen MR) is 67.0 cm³/mol. The van der Waals surface area contributed by atoms with Crippen LogP contribution >= 0.6 is 11.6 Å². The molecule has 104 valence electrons. The average Bonchev–Trinajstić information content (AvgIpc) is 2.38. The number of esters is 1. The van der Waals surface area contributed by atoms with Crippen LogP contribution in [0.5, 0.6) is 0 Å². The second-order valence-electron chi connectivity index (χ2n) is 3.69. The second kappa shape index (κ2) is 7.19. The van der Waals surface area contributed by atoms with Gasteiger partial charge in [0.25, 0.3) is 6.43 Å². The number of ether oxygens (including phenoxy) is 1. The molecule has 19 heavy (non-hydrogen) atoms. The SMILES string of the molecule is CCOC(=O)c1ccc(C(F)F)cc1C(=O)CCCl. The number of carbonyl (C=O) groups is 2. The average molecular weight is 291 g/mol. The summed E-state index contributed by atoms with van der Waals surface area (Å²) in [5.74, 6) is -1.11. The Hall–Kier alpha value is -1.49. The summed E-state index contributed by atoms with van der Waals surface area (Å²) < 4.78 is 30.0. The van der Waals surface area contributed by atoms with Crippen molar-refractivity contribution in [3.63, 3.8) is 0 Å². The highest BCUT2D eigenvalue weighted by atomic mass is 35.5. The normalized spacial score (nSPS) is 10.6. The minimum Gasteiger partial charge on any atom is -0.462 e. The Morgan fingerprint density at radius 3 is 2.53 bits per heavy atom. The van der Waals surface area contributed by atoms with Gasteiger partial charge < -0.3 is 4.74 Å². The van der Waals surface area contributed by atoms with Crippen molar-refractivity contribution < 1.29 is 23.1 Å². The standard InChI is InChI=1S/C13H13ClF2O3/c1-2-19-13(18)9-4-3-8(12(15)16)7-10(9)11(17)5-6-14/h3-4,7,12H,2,5-6H2,1H3. The number of hydrogen-bond donors (Lipinski definition) is 0. The Balaban J connectivity index is 3.22. The van der Waals surface area contributed by atoms with E-state index in [1.165, 1.54) is 6.07 Å². The maximum atomic E-state index is 12.6. The molecule has 6 heteroatoms. The lowest BCUT2D eigenvalue weighted by Gasteiger charge is -2.09. The van der Waals surface area contributed by atoms with Crippen LogP contribution in [0.1, 0.15) is 46.0 Å². The fourth-order valence-electron chi connectivity index (χ4n) is 1.54. The van der Waals surface area contributed by atoms with Gasteiger partial charge >= 0.3 is 5.97 Å².